The minimum absolute atomic E-state index is 1.12. The van der Waals surface area contributed by atoms with Crippen LogP contribution >= 0.6 is 0 Å². The molecule has 0 saturated heterocycles. The van der Waals surface area contributed by atoms with Gasteiger partial charge in [-0.15, -0.1) is 0 Å². The van der Waals surface area contributed by atoms with E-state index in [4.69, 9.17) is 0 Å². The van der Waals surface area contributed by atoms with E-state index in [0.717, 1.165) is 5.69 Å². The number of rotatable bonds is 0. The number of pyridine rings is 1. The van der Waals surface area contributed by atoms with Gasteiger partial charge in [0.2, 0.25) is 0 Å². The van der Waals surface area contributed by atoms with Crippen LogP contribution in [0.5, 0.6) is 0 Å². The first kappa shape index (κ1) is 20.7. The highest BCUT2D eigenvalue weighted by atomic mass is 14.6. The van der Waals surface area contributed by atoms with Crippen LogP contribution in [0, 0.1) is 27.7 Å². The van der Waals surface area contributed by atoms with E-state index in [1.807, 2.05) is 46.9 Å². The minimum Gasteiger partial charge on any atom is -0.261 e. The van der Waals surface area contributed by atoms with Crippen molar-refractivity contribution in [1.29, 1.82) is 0 Å². The second-order valence-electron chi connectivity index (χ2n) is 4.06. The van der Waals surface area contributed by atoms with Gasteiger partial charge in [0.05, 0.1) is 0 Å². The Labute approximate surface area is 126 Å². The summed E-state index contributed by atoms with van der Waals surface area (Å²) in [7, 11) is 0. The predicted octanol–water partition coefficient (Wildman–Crippen LogP) is 6.05. The number of hydrogen-bond donors (Lipinski definition) is 0. The summed E-state index contributed by atoms with van der Waals surface area (Å²) in [4.78, 5) is 4.08. The van der Waals surface area contributed by atoms with Gasteiger partial charge in [-0.25, -0.2) is 0 Å². The van der Waals surface area contributed by atoms with E-state index in [0.29, 0.717) is 0 Å². The van der Waals surface area contributed by atoms with E-state index in [1.54, 1.807) is 0 Å². The summed E-state index contributed by atoms with van der Waals surface area (Å²) in [5.41, 5.74) is 5.05. The molecule has 0 N–H and O–H groups in total. The average molecular weight is 273 g/mol. The molecule has 1 aromatic heterocycles. The standard InChI is InChI=1S/C8H10.C7H9N.2C2H6/c1-7-4-3-5-8(2)6-7;1-6-4-3-5-8-7(6)2;2*1-2/h3-6H,1-2H3;3-5H,1-2H3;2*1-2H3. The lowest BCUT2D eigenvalue weighted by Crippen LogP contribution is -1.81. The Morgan fingerprint density at radius 2 is 1.20 bits per heavy atom. The predicted molar refractivity (Wildman–Crippen MR) is 92.3 cm³/mol. The molecule has 0 unspecified atom stereocenters. The molecule has 0 amide bonds. The summed E-state index contributed by atoms with van der Waals surface area (Å²) in [6.45, 7) is 16.3. The van der Waals surface area contributed by atoms with Crippen molar-refractivity contribution < 1.29 is 0 Å². The summed E-state index contributed by atoms with van der Waals surface area (Å²) in [5.74, 6) is 0. The molecule has 1 aromatic carbocycles. The molecular weight excluding hydrogens is 242 g/mol. The number of benzene rings is 1. The van der Waals surface area contributed by atoms with E-state index < -0.39 is 0 Å². The molecule has 1 heteroatoms. The molecule has 0 fully saturated rings. The smallest absolute Gasteiger partial charge is 0.0401 e. The molecule has 0 aliphatic rings. The molecule has 0 saturated carbocycles. The van der Waals surface area contributed by atoms with Crippen molar-refractivity contribution >= 4 is 0 Å². The normalized spacial score (nSPS) is 8.00. The van der Waals surface area contributed by atoms with Crippen molar-refractivity contribution in [1.82, 2.24) is 4.98 Å². The molecule has 1 nitrogen and oxygen atoms in total. The Morgan fingerprint density at radius 3 is 1.45 bits per heavy atom. The van der Waals surface area contributed by atoms with Gasteiger partial charge in [-0.05, 0) is 39.3 Å². The van der Waals surface area contributed by atoms with Crippen LogP contribution in [0.15, 0.2) is 42.6 Å². The van der Waals surface area contributed by atoms with Crippen LogP contribution < -0.4 is 0 Å². The summed E-state index contributed by atoms with van der Waals surface area (Å²) < 4.78 is 0. The molecule has 0 aliphatic heterocycles. The van der Waals surface area contributed by atoms with Crippen LogP contribution in [-0.2, 0) is 0 Å². The third-order valence-electron chi connectivity index (χ3n) is 2.44. The Bertz CT molecular complexity index is 409. The van der Waals surface area contributed by atoms with Gasteiger partial charge in [-0.3, -0.25) is 4.98 Å². The maximum absolute atomic E-state index is 4.08. The largest absolute Gasteiger partial charge is 0.261 e. The maximum Gasteiger partial charge on any atom is 0.0401 e. The lowest BCUT2D eigenvalue weighted by Gasteiger charge is -1.92. The van der Waals surface area contributed by atoms with E-state index in [9.17, 15) is 0 Å². The molecule has 0 atom stereocenters. The minimum atomic E-state index is 1.12. The monoisotopic (exact) mass is 273 g/mol. The molecule has 0 spiro atoms. The SMILES string of the molecule is CC.CC.Cc1cccc(C)c1.Cc1cccnc1C. The van der Waals surface area contributed by atoms with Gasteiger partial charge >= 0.3 is 0 Å². The molecule has 2 rings (SSSR count). The van der Waals surface area contributed by atoms with Crippen LogP contribution in [0.2, 0.25) is 0 Å². The highest BCUT2D eigenvalue weighted by Crippen LogP contribution is 2.00. The zero-order valence-electron chi connectivity index (χ0n) is 14.5. The topological polar surface area (TPSA) is 12.9 Å². The van der Waals surface area contributed by atoms with Crippen molar-refractivity contribution in [2.75, 3.05) is 0 Å². The highest BCUT2D eigenvalue weighted by molar-refractivity contribution is 5.20. The van der Waals surface area contributed by atoms with Gasteiger partial charge in [-0.1, -0.05) is 69.2 Å². The van der Waals surface area contributed by atoms with E-state index in [2.05, 4.69) is 56.1 Å². The zero-order chi connectivity index (χ0) is 16.0. The summed E-state index contributed by atoms with van der Waals surface area (Å²) in [5, 5.41) is 0. The first-order valence-corrected chi connectivity index (χ1v) is 7.51. The van der Waals surface area contributed by atoms with Gasteiger partial charge in [0.25, 0.3) is 0 Å². The molecule has 0 bridgehead atoms. The van der Waals surface area contributed by atoms with Crippen LogP contribution in [-0.4, -0.2) is 4.98 Å². The zero-order valence-corrected chi connectivity index (χ0v) is 14.5. The Kier molecular flexibility index (Phi) is 14.3. The molecule has 1 heterocycles. The molecule has 2 aromatic rings. The third-order valence-corrected chi connectivity index (χ3v) is 2.44. The van der Waals surface area contributed by atoms with Gasteiger partial charge in [0.1, 0.15) is 0 Å². The second kappa shape index (κ2) is 13.8. The lowest BCUT2D eigenvalue weighted by molar-refractivity contribution is 1.15. The number of aryl methyl sites for hydroxylation is 4. The Morgan fingerprint density at radius 1 is 0.700 bits per heavy atom. The van der Waals surface area contributed by atoms with Gasteiger partial charge in [0, 0.05) is 11.9 Å². The fourth-order valence-corrected chi connectivity index (χ4v) is 1.37. The Balaban J connectivity index is 0. The molecule has 20 heavy (non-hydrogen) atoms. The van der Waals surface area contributed by atoms with E-state index in [-0.39, 0.29) is 0 Å². The quantitative estimate of drug-likeness (QED) is 0.569. The lowest BCUT2D eigenvalue weighted by atomic mass is 10.2. The fraction of sp³-hybridized carbons (Fsp3) is 0.421. The van der Waals surface area contributed by atoms with Crippen molar-refractivity contribution in [2.24, 2.45) is 0 Å². The third kappa shape index (κ3) is 10.3. The van der Waals surface area contributed by atoms with Crippen LogP contribution in [0.1, 0.15) is 50.1 Å². The molecule has 112 valence electrons. The van der Waals surface area contributed by atoms with Crippen LogP contribution in [0.3, 0.4) is 0 Å². The number of hydrogen-bond acceptors (Lipinski definition) is 1. The van der Waals surface area contributed by atoms with Crippen LogP contribution in [0.25, 0.3) is 0 Å². The van der Waals surface area contributed by atoms with E-state index >= 15 is 0 Å². The molecule has 0 aliphatic carbocycles. The van der Waals surface area contributed by atoms with Crippen LogP contribution in [0.4, 0.5) is 0 Å². The number of aromatic nitrogens is 1. The van der Waals surface area contributed by atoms with Crippen molar-refractivity contribution in [3.05, 3.63) is 65.0 Å². The van der Waals surface area contributed by atoms with Gasteiger partial charge in [0.15, 0.2) is 0 Å². The summed E-state index contributed by atoms with van der Waals surface area (Å²) in [6.07, 6.45) is 1.81. The highest BCUT2D eigenvalue weighted by Gasteiger charge is 1.85. The van der Waals surface area contributed by atoms with E-state index in [1.165, 1.54) is 16.7 Å². The summed E-state index contributed by atoms with van der Waals surface area (Å²) >= 11 is 0. The summed E-state index contributed by atoms with van der Waals surface area (Å²) in [6, 6.07) is 12.5. The van der Waals surface area contributed by atoms with Crippen molar-refractivity contribution in [3.63, 3.8) is 0 Å². The molecular formula is C19H31N. The van der Waals surface area contributed by atoms with Crippen molar-refractivity contribution in [2.45, 2.75) is 55.4 Å². The number of nitrogens with zero attached hydrogens (tertiary/aromatic N) is 1. The molecule has 0 radical (unpaired) electrons. The van der Waals surface area contributed by atoms with Gasteiger partial charge in [-0.2, -0.15) is 0 Å². The second-order valence-corrected chi connectivity index (χ2v) is 4.06. The average Bonchev–Trinajstić information content (AvgIpc) is 2.47. The van der Waals surface area contributed by atoms with Gasteiger partial charge < -0.3 is 0 Å². The first-order valence-electron chi connectivity index (χ1n) is 7.51. The van der Waals surface area contributed by atoms with Crippen molar-refractivity contribution in [3.8, 4) is 0 Å². The maximum atomic E-state index is 4.08. The first-order chi connectivity index (χ1) is 9.59. The fourth-order valence-electron chi connectivity index (χ4n) is 1.37. The Hall–Kier alpha value is -1.63.